The SMILES string of the molecule is Nc1cc(-c2c[nH]c3cccc(Br)c23)no1. The Kier molecular flexibility index (Phi) is 2.00. The number of hydrogen-bond acceptors (Lipinski definition) is 3. The molecule has 16 heavy (non-hydrogen) atoms. The minimum atomic E-state index is 0.316. The Morgan fingerprint density at radius 2 is 2.25 bits per heavy atom. The van der Waals surface area contributed by atoms with Gasteiger partial charge < -0.3 is 15.2 Å². The Balaban J connectivity index is 2.32. The van der Waals surface area contributed by atoms with E-state index >= 15 is 0 Å². The number of halogens is 1. The van der Waals surface area contributed by atoms with Gasteiger partial charge in [0.2, 0.25) is 5.88 Å². The first-order valence-electron chi connectivity index (χ1n) is 4.74. The van der Waals surface area contributed by atoms with Gasteiger partial charge in [-0.3, -0.25) is 0 Å². The van der Waals surface area contributed by atoms with Crippen LogP contribution in [-0.2, 0) is 0 Å². The molecule has 0 fully saturated rings. The zero-order valence-corrected chi connectivity index (χ0v) is 9.78. The molecule has 0 aliphatic heterocycles. The van der Waals surface area contributed by atoms with E-state index in [0.29, 0.717) is 5.88 Å². The van der Waals surface area contributed by atoms with E-state index in [0.717, 1.165) is 26.6 Å². The van der Waals surface area contributed by atoms with Crippen LogP contribution < -0.4 is 5.73 Å². The van der Waals surface area contributed by atoms with Gasteiger partial charge in [-0.2, -0.15) is 0 Å². The van der Waals surface area contributed by atoms with Crippen LogP contribution in [0.1, 0.15) is 0 Å². The number of nitrogens with two attached hydrogens (primary N) is 1. The summed E-state index contributed by atoms with van der Waals surface area (Å²) in [7, 11) is 0. The maximum atomic E-state index is 5.52. The molecule has 0 saturated carbocycles. The summed E-state index contributed by atoms with van der Waals surface area (Å²) in [4.78, 5) is 3.18. The van der Waals surface area contributed by atoms with E-state index in [1.54, 1.807) is 6.07 Å². The first-order chi connectivity index (χ1) is 7.75. The normalized spacial score (nSPS) is 11.1. The largest absolute Gasteiger partial charge is 0.368 e. The predicted molar refractivity (Wildman–Crippen MR) is 65.9 cm³/mol. The highest BCUT2D eigenvalue weighted by Gasteiger charge is 2.12. The highest BCUT2D eigenvalue weighted by molar-refractivity contribution is 9.10. The molecule has 2 aromatic heterocycles. The third kappa shape index (κ3) is 1.32. The van der Waals surface area contributed by atoms with Gasteiger partial charge in [0.1, 0.15) is 5.69 Å². The van der Waals surface area contributed by atoms with Crippen molar-refractivity contribution in [2.24, 2.45) is 0 Å². The Morgan fingerprint density at radius 1 is 1.38 bits per heavy atom. The van der Waals surface area contributed by atoms with E-state index in [1.165, 1.54) is 0 Å². The van der Waals surface area contributed by atoms with Crippen LogP contribution in [-0.4, -0.2) is 10.1 Å². The van der Waals surface area contributed by atoms with Crippen molar-refractivity contribution in [1.82, 2.24) is 10.1 Å². The number of H-pyrrole nitrogens is 1. The summed E-state index contributed by atoms with van der Waals surface area (Å²) in [6.07, 6.45) is 1.90. The van der Waals surface area contributed by atoms with Gasteiger partial charge in [-0.05, 0) is 12.1 Å². The minimum absolute atomic E-state index is 0.316. The number of rotatable bonds is 1. The molecule has 0 unspecified atom stereocenters. The Bertz CT molecular complexity index is 656. The number of benzene rings is 1. The smallest absolute Gasteiger partial charge is 0.222 e. The third-order valence-corrected chi connectivity index (χ3v) is 3.12. The second-order valence-corrected chi connectivity index (χ2v) is 4.33. The first kappa shape index (κ1) is 9.47. The van der Waals surface area contributed by atoms with Crippen LogP contribution in [0.3, 0.4) is 0 Å². The Labute approximate surface area is 99.6 Å². The molecule has 0 radical (unpaired) electrons. The number of fused-ring (bicyclic) bond motifs is 1. The monoisotopic (exact) mass is 277 g/mol. The molecule has 0 aliphatic carbocycles. The molecule has 0 atom stereocenters. The van der Waals surface area contributed by atoms with Gasteiger partial charge in [0.05, 0.1) is 0 Å². The molecular formula is C11H8BrN3O. The van der Waals surface area contributed by atoms with Gasteiger partial charge in [-0.1, -0.05) is 27.2 Å². The Hall–Kier alpha value is -1.75. The summed E-state index contributed by atoms with van der Waals surface area (Å²) in [5, 5.41) is 4.99. The highest BCUT2D eigenvalue weighted by atomic mass is 79.9. The molecule has 0 spiro atoms. The summed E-state index contributed by atoms with van der Waals surface area (Å²) < 4.78 is 5.89. The lowest BCUT2D eigenvalue weighted by Crippen LogP contribution is -1.77. The number of nitrogens with one attached hydrogen (secondary N) is 1. The van der Waals surface area contributed by atoms with E-state index < -0.39 is 0 Å². The molecule has 80 valence electrons. The van der Waals surface area contributed by atoms with Crippen LogP contribution in [0.15, 0.2) is 39.5 Å². The zero-order chi connectivity index (χ0) is 11.1. The second-order valence-electron chi connectivity index (χ2n) is 3.48. The number of nitrogen functional groups attached to an aromatic ring is 1. The van der Waals surface area contributed by atoms with Crippen molar-refractivity contribution in [3.63, 3.8) is 0 Å². The van der Waals surface area contributed by atoms with Crippen LogP contribution in [0.4, 0.5) is 5.88 Å². The average Bonchev–Trinajstić information content (AvgIpc) is 2.84. The van der Waals surface area contributed by atoms with Gasteiger partial charge >= 0.3 is 0 Å². The van der Waals surface area contributed by atoms with Crippen molar-refractivity contribution >= 4 is 32.7 Å². The molecule has 1 aromatic carbocycles. The number of nitrogens with zero attached hydrogens (tertiary/aromatic N) is 1. The van der Waals surface area contributed by atoms with E-state index in [4.69, 9.17) is 10.3 Å². The average molecular weight is 278 g/mol. The standard InChI is InChI=1S/C11H8BrN3O/c12-7-2-1-3-8-11(7)6(5-14-8)9-4-10(13)16-15-9/h1-5,14H,13H2. The molecule has 5 heteroatoms. The van der Waals surface area contributed by atoms with Crippen molar-refractivity contribution in [3.8, 4) is 11.3 Å². The lowest BCUT2D eigenvalue weighted by atomic mass is 10.1. The molecule has 0 bridgehead atoms. The molecule has 2 heterocycles. The van der Waals surface area contributed by atoms with Crippen LogP contribution >= 0.6 is 15.9 Å². The summed E-state index contributed by atoms with van der Waals surface area (Å²) in [6, 6.07) is 7.68. The third-order valence-electron chi connectivity index (χ3n) is 2.46. The van der Waals surface area contributed by atoms with E-state index in [2.05, 4.69) is 26.1 Å². The quantitative estimate of drug-likeness (QED) is 0.718. The lowest BCUT2D eigenvalue weighted by Gasteiger charge is -1.96. The molecule has 3 aromatic rings. The van der Waals surface area contributed by atoms with Gasteiger partial charge in [-0.25, -0.2) is 0 Å². The van der Waals surface area contributed by atoms with Crippen molar-refractivity contribution in [3.05, 3.63) is 34.9 Å². The second kappa shape index (κ2) is 3.38. The van der Waals surface area contributed by atoms with Crippen molar-refractivity contribution < 1.29 is 4.52 Å². The number of aromatic amines is 1. The van der Waals surface area contributed by atoms with Gasteiger partial charge in [0.25, 0.3) is 0 Å². The number of aromatic nitrogens is 2. The van der Waals surface area contributed by atoms with Gasteiger partial charge in [0.15, 0.2) is 0 Å². The fourth-order valence-electron chi connectivity index (χ4n) is 1.76. The molecule has 4 nitrogen and oxygen atoms in total. The summed E-state index contributed by atoms with van der Waals surface area (Å²) in [6.45, 7) is 0. The molecule has 0 amide bonds. The summed E-state index contributed by atoms with van der Waals surface area (Å²) in [5.74, 6) is 0.316. The highest BCUT2D eigenvalue weighted by Crippen LogP contribution is 2.33. The maximum Gasteiger partial charge on any atom is 0.222 e. The molecular weight excluding hydrogens is 270 g/mol. The molecule has 0 saturated heterocycles. The van der Waals surface area contributed by atoms with Crippen molar-refractivity contribution in [1.29, 1.82) is 0 Å². The predicted octanol–water partition coefficient (Wildman–Crippen LogP) is 3.17. The van der Waals surface area contributed by atoms with E-state index in [9.17, 15) is 0 Å². The minimum Gasteiger partial charge on any atom is -0.368 e. The topological polar surface area (TPSA) is 67.8 Å². The molecule has 0 aliphatic rings. The zero-order valence-electron chi connectivity index (χ0n) is 8.20. The fourth-order valence-corrected chi connectivity index (χ4v) is 2.34. The fraction of sp³-hybridized carbons (Fsp3) is 0. The van der Waals surface area contributed by atoms with E-state index in [1.807, 2.05) is 24.4 Å². The van der Waals surface area contributed by atoms with Crippen LogP contribution in [0.2, 0.25) is 0 Å². The molecule has 3 rings (SSSR count). The van der Waals surface area contributed by atoms with E-state index in [-0.39, 0.29) is 0 Å². The number of hydrogen-bond donors (Lipinski definition) is 2. The van der Waals surface area contributed by atoms with Crippen LogP contribution in [0.25, 0.3) is 22.2 Å². The first-order valence-corrected chi connectivity index (χ1v) is 5.53. The van der Waals surface area contributed by atoms with Crippen LogP contribution in [0.5, 0.6) is 0 Å². The Morgan fingerprint density at radius 3 is 3.00 bits per heavy atom. The maximum absolute atomic E-state index is 5.52. The summed E-state index contributed by atoms with van der Waals surface area (Å²) >= 11 is 3.52. The lowest BCUT2D eigenvalue weighted by molar-refractivity contribution is 0.439. The van der Waals surface area contributed by atoms with Gasteiger partial charge in [-0.15, -0.1) is 0 Å². The van der Waals surface area contributed by atoms with Gasteiger partial charge in [0, 0.05) is 33.2 Å². The summed E-state index contributed by atoms with van der Waals surface area (Å²) in [5.41, 5.74) is 8.27. The van der Waals surface area contributed by atoms with Crippen LogP contribution in [0, 0.1) is 0 Å². The number of anilines is 1. The molecule has 3 N–H and O–H groups in total. The van der Waals surface area contributed by atoms with Crippen molar-refractivity contribution in [2.75, 3.05) is 5.73 Å². The van der Waals surface area contributed by atoms with Crippen molar-refractivity contribution in [2.45, 2.75) is 0 Å².